The van der Waals surface area contributed by atoms with Gasteiger partial charge in [0, 0.05) is 6.54 Å². The average Bonchev–Trinajstić information content (AvgIpc) is 2.32. The highest BCUT2D eigenvalue weighted by atomic mass is 19.4. The average molecular weight is 165 g/mol. The monoisotopic (exact) mass is 165 g/mol. The van der Waals surface area contributed by atoms with Crippen molar-refractivity contribution in [2.24, 2.45) is 0 Å². The van der Waals surface area contributed by atoms with E-state index in [0.29, 0.717) is 6.54 Å². The van der Waals surface area contributed by atoms with E-state index in [1.54, 1.807) is 0 Å². The Labute approximate surface area is 63.3 Å². The van der Waals surface area contributed by atoms with Gasteiger partial charge in [-0.15, -0.1) is 0 Å². The molecule has 4 heteroatoms. The number of hydrogen-bond donors (Lipinski definition) is 1. The Bertz CT molecular complexity index is 152. The van der Waals surface area contributed by atoms with Crippen LogP contribution in [0.5, 0.6) is 0 Å². The van der Waals surface area contributed by atoms with Crippen molar-refractivity contribution >= 4 is 0 Å². The summed E-state index contributed by atoms with van der Waals surface area (Å²) in [6.07, 6.45) is -2.80. The first-order chi connectivity index (χ1) is 5.08. The summed E-state index contributed by atoms with van der Waals surface area (Å²) in [6, 6.07) is 0. The number of alkyl halides is 3. The van der Waals surface area contributed by atoms with Gasteiger partial charge in [-0.25, -0.2) is 0 Å². The lowest BCUT2D eigenvalue weighted by molar-refractivity contribution is -0.125. The lowest BCUT2D eigenvalue weighted by Crippen LogP contribution is -2.06. The standard InChI is InChI=1S/C7H10F3N/c8-7(9,10)3-1-6-2-4-11-5-6/h1,11H,2-5H2. The quantitative estimate of drug-likeness (QED) is 0.585. The Morgan fingerprint density at radius 1 is 1.45 bits per heavy atom. The van der Waals surface area contributed by atoms with E-state index < -0.39 is 12.6 Å². The molecule has 1 fully saturated rings. The third-order valence-corrected chi connectivity index (χ3v) is 1.60. The molecule has 0 radical (unpaired) electrons. The normalized spacial score (nSPS) is 23.0. The van der Waals surface area contributed by atoms with Gasteiger partial charge in [0.1, 0.15) is 0 Å². The molecule has 0 aliphatic carbocycles. The largest absolute Gasteiger partial charge is 0.392 e. The number of nitrogens with one attached hydrogen (secondary N) is 1. The minimum Gasteiger partial charge on any atom is -0.313 e. The first-order valence-electron chi connectivity index (χ1n) is 3.53. The van der Waals surface area contributed by atoms with Crippen molar-refractivity contribution in [2.45, 2.75) is 19.0 Å². The van der Waals surface area contributed by atoms with Crippen molar-refractivity contribution in [3.05, 3.63) is 11.6 Å². The van der Waals surface area contributed by atoms with E-state index in [1.165, 1.54) is 6.08 Å². The summed E-state index contributed by atoms with van der Waals surface area (Å²) in [5, 5.41) is 2.97. The Hall–Kier alpha value is -0.510. The molecule has 0 bridgehead atoms. The molecule has 1 N–H and O–H groups in total. The summed E-state index contributed by atoms with van der Waals surface area (Å²) < 4.78 is 34.9. The van der Waals surface area contributed by atoms with Crippen molar-refractivity contribution in [3.8, 4) is 0 Å². The number of hydrogen-bond acceptors (Lipinski definition) is 1. The fourth-order valence-corrected chi connectivity index (χ4v) is 1.02. The van der Waals surface area contributed by atoms with E-state index in [1.807, 2.05) is 0 Å². The smallest absolute Gasteiger partial charge is 0.313 e. The van der Waals surface area contributed by atoms with E-state index in [-0.39, 0.29) is 0 Å². The van der Waals surface area contributed by atoms with E-state index in [9.17, 15) is 13.2 Å². The van der Waals surface area contributed by atoms with Gasteiger partial charge in [0.15, 0.2) is 0 Å². The minimum atomic E-state index is -4.05. The molecule has 64 valence electrons. The Kier molecular flexibility index (Phi) is 2.54. The summed E-state index contributed by atoms with van der Waals surface area (Å²) in [5.41, 5.74) is 0.877. The number of rotatable bonds is 1. The second-order valence-corrected chi connectivity index (χ2v) is 2.61. The summed E-state index contributed by atoms with van der Waals surface area (Å²) in [4.78, 5) is 0. The maximum atomic E-state index is 11.6. The van der Waals surface area contributed by atoms with Crippen LogP contribution < -0.4 is 5.32 Å². The second kappa shape index (κ2) is 3.26. The van der Waals surface area contributed by atoms with Crippen LogP contribution in [0, 0.1) is 0 Å². The summed E-state index contributed by atoms with van der Waals surface area (Å²) >= 11 is 0. The van der Waals surface area contributed by atoms with Crippen molar-refractivity contribution in [2.75, 3.05) is 13.1 Å². The topological polar surface area (TPSA) is 12.0 Å². The molecule has 0 unspecified atom stereocenters. The lowest BCUT2D eigenvalue weighted by Gasteiger charge is -2.01. The summed E-state index contributed by atoms with van der Waals surface area (Å²) in [7, 11) is 0. The van der Waals surface area contributed by atoms with Crippen LogP contribution in [0.25, 0.3) is 0 Å². The molecule has 0 aromatic carbocycles. The van der Waals surface area contributed by atoms with E-state index in [0.717, 1.165) is 18.5 Å². The van der Waals surface area contributed by atoms with Crippen LogP contribution in [-0.2, 0) is 0 Å². The molecule has 1 aliphatic heterocycles. The van der Waals surface area contributed by atoms with Crippen LogP contribution in [-0.4, -0.2) is 19.3 Å². The van der Waals surface area contributed by atoms with Crippen LogP contribution >= 0.6 is 0 Å². The predicted octanol–water partition coefficient (Wildman–Crippen LogP) is 1.86. The van der Waals surface area contributed by atoms with E-state index in [4.69, 9.17) is 0 Å². The second-order valence-electron chi connectivity index (χ2n) is 2.61. The molecule has 1 saturated heterocycles. The van der Waals surface area contributed by atoms with Gasteiger partial charge in [0.2, 0.25) is 0 Å². The van der Waals surface area contributed by atoms with E-state index in [2.05, 4.69) is 5.32 Å². The van der Waals surface area contributed by atoms with Crippen molar-refractivity contribution in [1.29, 1.82) is 0 Å². The van der Waals surface area contributed by atoms with Gasteiger partial charge in [-0.2, -0.15) is 13.2 Å². The van der Waals surface area contributed by atoms with Crippen molar-refractivity contribution in [3.63, 3.8) is 0 Å². The molecular weight excluding hydrogens is 155 g/mol. The van der Waals surface area contributed by atoms with Gasteiger partial charge in [-0.3, -0.25) is 0 Å². The number of halogens is 3. The van der Waals surface area contributed by atoms with Crippen LogP contribution in [0.2, 0.25) is 0 Å². The first kappa shape index (κ1) is 8.59. The molecular formula is C7H10F3N. The highest BCUT2D eigenvalue weighted by Gasteiger charge is 2.25. The molecule has 0 saturated carbocycles. The molecule has 1 aliphatic rings. The van der Waals surface area contributed by atoms with Gasteiger partial charge >= 0.3 is 6.18 Å². The molecule has 1 nitrogen and oxygen atoms in total. The third-order valence-electron chi connectivity index (χ3n) is 1.60. The Balaban J connectivity index is 2.34. The Morgan fingerprint density at radius 2 is 2.18 bits per heavy atom. The zero-order valence-corrected chi connectivity index (χ0v) is 6.04. The predicted molar refractivity (Wildman–Crippen MR) is 36.2 cm³/mol. The van der Waals surface area contributed by atoms with Gasteiger partial charge in [0.05, 0.1) is 6.42 Å². The van der Waals surface area contributed by atoms with Gasteiger partial charge in [-0.1, -0.05) is 11.6 Å². The van der Waals surface area contributed by atoms with Gasteiger partial charge in [0.25, 0.3) is 0 Å². The Morgan fingerprint density at radius 3 is 2.64 bits per heavy atom. The fourth-order valence-electron chi connectivity index (χ4n) is 1.02. The van der Waals surface area contributed by atoms with Crippen molar-refractivity contribution in [1.82, 2.24) is 5.32 Å². The molecule has 0 amide bonds. The molecule has 0 atom stereocenters. The molecule has 11 heavy (non-hydrogen) atoms. The lowest BCUT2D eigenvalue weighted by atomic mass is 10.2. The van der Waals surface area contributed by atoms with Crippen LogP contribution in [0.3, 0.4) is 0 Å². The first-order valence-corrected chi connectivity index (χ1v) is 3.53. The van der Waals surface area contributed by atoms with Gasteiger partial charge < -0.3 is 5.32 Å². The van der Waals surface area contributed by atoms with Crippen LogP contribution in [0.4, 0.5) is 13.2 Å². The fraction of sp³-hybridized carbons (Fsp3) is 0.714. The third kappa shape index (κ3) is 3.41. The maximum Gasteiger partial charge on any atom is 0.392 e. The summed E-state index contributed by atoms with van der Waals surface area (Å²) in [5.74, 6) is 0. The molecule has 1 rings (SSSR count). The number of allylic oxidation sites excluding steroid dienone is 1. The molecule has 0 spiro atoms. The molecule has 0 aromatic heterocycles. The molecule has 1 heterocycles. The highest BCUT2D eigenvalue weighted by molar-refractivity contribution is 5.09. The van der Waals surface area contributed by atoms with Crippen molar-refractivity contribution < 1.29 is 13.2 Å². The minimum absolute atomic E-state index is 0.621. The zero-order valence-electron chi connectivity index (χ0n) is 6.04. The van der Waals surface area contributed by atoms with Crippen LogP contribution in [0.15, 0.2) is 11.6 Å². The summed E-state index contributed by atoms with van der Waals surface area (Å²) in [6.45, 7) is 1.43. The van der Waals surface area contributed by atoms with Gasteiger partial charge in [-0.05, 0) is 13.0 Å². The van der Waals surface area contributed by atoms with E-state index >= 15 is 0 Å². The van der Waals surface area contributed by atoms with Crippen LogP contribution in [0.1, 0.15) is 12.8 Å². The SMILES string of the molecule is FC(F)(F)CC=C1CCNC1. The maximum absolute atomic E-state index is 11.6. The molecule has 0 aromatic rings. The zero-order chi connectivity index (χ0) is 8.32. The highest BCUT2D eigenvalue weighted by Crippen LogP contribution is 2.21.